The van der Waals surface area contributed by atoms with Crippen LogP contribution in [0.15, 0.2) is 24.3 Å². The average molecular weight is 324 g/mol. The van der Waals surface area contributed by atoms with Crippen molar-refractivity contribution in [2.24, 2.45) is 0 Å². The Bertz CT molecular complexity index is 522. The lowest BCUT2D eigenvalue weighted by Crippen LogP contribution is -2.12. The molecule has 7 heteroatoms. The van der Waals surface area contributed by atoms with E-state index in [9.17, 15) is 14.4 Å². The van der Waals surface area contributed by atoms with E-state index >= 15 is 0 Å². The molecule has 7 nitrogen and oxygen atoms in total. The van der Waals surface area contributed by atoms with E-state index in [1.165, 1.54) is 31.4 Å². The second-order valence-corrected chi connectivity index (χ2v) is 4.50. The van der Waals surface area contributed by atoms with Gasteiger partial charge >= 0.3 is 18.1 Å². The SMILES string of the molecule is CCC(=O)OCCCCOC(=O)Oc1ccc(C(=O)OC)cc1. The van der Waals surface area contributed by atoms with Crippen LogP contribution in [0.1, 0.15) is 36.5 Å². The van der Waals surface area contributed by atoms with E-state index in [2.05, 4.69) is 4.74 Å². The Balaban J connectivity index is 2.21. The van der Waals surface area contributed by atoms with Gasteiger partial charge in [-0.1, -0.05) is 6.92 Å². The van der Waals surface area contributed by atoms with Crippen LogP contribution in [0.2, 0.25) is 0 Å². The number of carbonyl (C=O) groups is 3. The molecule has 0 fully saturated rings. The summed E-state index contributed by atoms with van der Waals surface area (Å²) < 4.78 is 19.3. The first-order chi connectivity index (χ1) is 11.1. The predicted molar refractivity (Wildman–Crippen MR) is 80.2 cm³/mol. The van der Waals surface area contributed by atoms with Crippen molar-refractivity contribution in [1.82, 2.24) is 0 Å². The van der Waals surface area contributed by atoms with Crippen molar-refractivity contribution in [3.63, 3.8) is 0 Å². The molecule has 0 amide bonds. The Hall–Kier alpha value is -2.57. The molecule has 23 heavy (non-hydrogen) atoms. The highest BCUT2D eigenvalue weighted by Gasteiger charge is 2.08. The van der Waals surface area contributed by atoms with Gasteiger partial charge in [0.25, 0.3) is 0 Å². The molecule has 0 aliphatic heterocycles. The maximum atomic E-state index is 11.5. The van der Waals surface area contributed by atoms with Crippen molar-refractivity contribution in [2.75, 3.05) is 20.3 Å². The minimum Gasteiger partial charge on any atom is -0.466 e. The van der Waals surface area contributed by atoms with Gasteiger partial charge in [-0.2, -0.15) is 0 Å². The maximum Gasteiger partial charge on any atom is 0.513 e. The Morgan fingerprint density at radius 3 is 2.13 bits per heavy atom. The van der Waals surface area contributed by atoms with E-state index in [0.29, 0.717) is 31.4 Å². The van der Waals surface area contributed by atoms with Crippen LogP contribution in [0.5, 0.6) is 5.75 Å². The first-order valence-electron chi connectivity index (χ1n) is 7.25. The fourth-order valence-electron chi connectivity index (χ4n) is 1.55. The van der Waals surface area contributed by atoms with E-state index < -0.39 is 12.1 Å². The molecule has 0 aromatic heterocycles. The molecule has 0 heterocycles. The van der Waals surface area contributed by atoms with Gasteiger partial charge < -0.3 is 18.9 Å². The topological polar surface area (TPSA) is 88.1 Å². The minimum absolute atomic E-state index is 0.169. The van der Waals surface area contributed by atoms with Crippen molar-refractivity contribution in [3.8, 4) is 5.75 Å². The quantitative estimate of drug-likeness (QED) is 0.314. The van der Waals surface area contributed by atoms with E-state index in [-0.39, 0.29) is 18.3 Å². The molecule has 0 radical (unpaired) electrons. The van der Waals surface area contributed by atoms with Crippen LogP contribution >= 0.6 is 0 Å². The summed E-state index contributed by atoms with van der Waals surface area (Å²) in [6.45, 7) is 2.20. The van der Waals surface area contributed by atoms with Crippen LogP contribution in [-0.4, -0.2) is 38.4 Å². The normalized spacial score (nSPS) is 9.83. The van der Waals surface area contributed by atoms with Crippen LogP contribution in [0, 0.1) is 0 Å². The molecule has 126 valence electrons. The number of methoxy groups -OCH3 is 1. The number of unbranched alkanes of at least 4 members (excludes halogenated alkanes) is 1. The first kappa shape index (κ1) is 18.5. The predicted octanol–water partition coefficient (Wildman–Crippen LogP) is 2.72. The third-order valence-electron chi connectivity index (χ3n) is 2.79. The number of hydrogen-bond acceptors (Lipinski definition) is 7. The van der Waals surface area contributed by atoms with E-state index in [1.54, 1.807) is 6.92 Å². The molecule has 0 saturated heterocycles. The molecule has 0 N–H and O–H groups in total. The molecule has 0 atom stereocenters. The van der Waals surface area contributed by atoms with Gasteiger partial charge in [0.15, 0.2) is 0 Å². The number of ether oxygens (including phenoxy) is 4. The summed E-state index contributed by atoms with van der Waals surface area (Å²) in [6.07, 6.45) is 0.680. The Labute approximate surface area is 134 Å². The lowest BCUT2D eigenvalue weighted by Gasteiger charge is -2.07. The molecule has 0 unspecified atom stereocenters. The number of esters is 2. The molecular weight excluding hydrogens is 304 g/mol. The van der Waals surface area contributed by atoms with Crippen molar-refractivity contribution in [3.05, 3.63) is 29.8 Å². The number of benzene rings is 1. The highest BCUT2D eigenvalue weighted by Crippen LogP contribution is 2.13. The zero-order valence-corrected chi connectivity index (χ0v) is 13.2. The Morgan fingerprint density at radius 2 is 1.57 bits per heavy atom. The summed E-state index contributed by atoms with van der Waals surface area (Å²) in [6, 6.07) is 5.91. The van der Waals surface area contributed by atoms with Crippen LogP contribution in [0.25, 0.3) is 0 Å². The summed E-state index contributed by atoms with van der Waals surface area (Å²) in [5, 5.41) is 0. The molecule has 0 aliphatic rings. The molecule has 1 rings (SSSR count). The van der Waals surface area contributed by atoms with Crippen molar-refractivity contribution in [1.29, 1.82) is 0 Å². The van der Waals surface area contributed by atoms with Crippen LogP contribution < -0.4 is 4.74 Å². The molecule has 0 bridgehead atoms. The molecular formula is C16H20O7. The first-order valence-corrected chi connectivity index (χ1v) is 7.25. The maximum absolute atomic E-state index is 11.5. The van der Waals surface area contributed by atoms with Crippen LogP contribution in [0.4, 0.5) is 4.79 Å². The molecule has 1 aromatic rings. The van der Waals surface area contributed by atoms with Gasteiger partial charge in [-0.3, -0.25) is 4.79 Å². The number of rotatable bonds is 8. The molecule has 1 aromatic carbocycles. The Morgan fingerprint density at radius 1 is 0.957 bits per heavy atom. The Kier molecular flexibility index (Phi) is 8.20. The standard InChI is InChI=1S/C16H20O7/c1-3-14(17)21-10-4-5-11-22-16(19)23-13-8-6-12(7-9-13)15(18)20-2/h6-9H,3-5,10-11H2,1-2H3. The van der Waals surface area contributed by atoms with Gasteiger partial charge in [0.05, 0.1) is 25.9 Å². The lowest BCUT2D eigenvalue weighted by atomic mass is 10.2. The lowest BCUT2D eigenvalue weighted by molar-refractivity contribution is -0.143. The molecule has 0 spiro atoms. The molecule has 0 saturated carbocycles. The minimum atomic E-state index is -0.832. The summed E-state index contributed by atoms with van der Waals surface area (Å²) in [7, 11) is 1.29. The second kappa shape index (κ2) is 10.2. The van der Waals surface area contributed by atoms with Gasteiger partial charge in [0, 0.05) is 6.42 Å². The number of carbonyl (C=O) groups excluding carboxylic acids is 3. The van der Waals surface area contributed by atoms with Gasteiger partial charge in [0.1, 0.15) is 5.75 Å². The van der Waals surface area contributed by atoms with Crippen LogP contribution in [0.3, 0.4) is 0 Å². The smallest absolute Gasteiger partial charge is 0.466 e. The van der Waals surface area contributed by atoms with Gasteiger partial charge in [-0.05, 0) is 37.1 Å². The van der Waals surface area contributed by atoms with Gasteiger partial charge in [0.2, 0.25) is 0 Å². The zero-order chi connectivity index (χ0) is 17.1. The molecule has 0 aliphatic carbocycles. The largest absolute Gasteiger partial charge is 0.513 e. The van der Waals surface area contributed by atoms with E-state index in [1.807, 2.05) is 0 Å². The number of hydrogen-bond donors (Lipinski definition) is 0. The van der Waals surface area contributed by atoms with Crippen molar-refractivity contribution < 1.29 is 33.3 Å². The highest BCUT2D eigenvalue weighted by atomic mass is 16.7. The fourth-order valence-corrected chi connectivity index (χ4v) is 1.55. The second-order valence-electron chi connectivity index (χ2n) is 4.50. The monoisotopic (exact) mass is 324 g/mol. The summed E-state index contributed by atoms with van der Waals surface area (Å²) in [5.74, 6) is -0.455. The van der Waals surface area contributed by atoms with Crippen molar-refractivity contribution in [2.45, 2.75) is 26.2 Å². The summed E-state index contributed by atoms with van der Waals surface area (Å²) in [5.41, 5.74) is 0.356. The van der Waals surface area contributed by atoms with E-state index in [0.717, 1.165) is 0 Å². The van der Waals surface area contributed by atoms with Crippen molar-refractivity contribution >= 4 is 18.1 Å². The highest BCUT2D eigenvalue weighted by molar-refractivity contribution is 5.89. The average Bonchev–Trinajstić information content (AvgIpc) is 2.57. The van der Waals surface area contributed by atoms with Crippen LogP contribution in [-0.2, 0) is 19.0 Å². The summed E-state index contributed by atoms with van der Waals surface area (Å²) >= 11 is 0. The summed E-state index contributed by atoms with van der Waals surface area (Å²) in [4.78, 5) is 33.6. The fraction of sp³-hybridized carbons (Fsp3) is 0.438. The van der Waals surface area contributed by atoms with E-state index in [4.69, 9.17) is 14.2 Å². The van der Waals surface area contributed by atoms with Gasteiger partial charge in [-0.25, -0.2) is 9.59 Å². The third-order valence-corrected chi connectivity index (χ3v) is 2.79. The zero-order valence-electron chi connectivity index (χ0n) is 13.2. The third kappa shape index (κ3) is 7.30. The van der Waals surface area contributed by atoms with Gasteiger partial charge in [-0.15, -0.1) is 0 Å².